The second kappa shape index (κ2) is 7.52. The number of amides is 1. The van der Waals surface area contributed by atoms with Crippen molar-refractivity contribution >= 4 is 17.5 Å². The van der Waals surface area contributed by atoms with Crippen LogP contribution in [0.5, 0.6) is 5.75 Å². The predicted octanol–water partition coefficient (Wildman–Crippen LogP) is 3.06. The van der Waals surface area contributed by atoms with Crippen molar-refractivity contribution in [2.75, 3.05) is 40.9 Å². The fraction of sp³-hybridized carbons (Fsp3) is 0.632. The Morgan fingerprint density at radius 3 is 2.72 bits per heavy atom. The second-order valence-corrected chi connectivity index (χ2v) is 7.69. The first-order valence-corrected chi connectivity index (χ1v) is 9.25. The van der Waals surface area contributed by atoms with Crippen molar-refractivity contribution in [3.05, 3.63) is 28.8 Å². The molecule has 1 aromatic carbocycles. The number of carbonyl (C=O) groups is 1. The maximum atomic E-state index is 12.9. The summed E-state index contributed by atoms with van der Waals surface area (Å²) in [6, 6.07) is 5.75. The molecule has 2 aliphatic heterocycles. The monoisotopic (exact) mass is 366 g/mol. The summed E-state index contributed by atoms with van der Waals surface area (Å²) in [5.74, 6) is 0.615. The molecule has 0 bridgehead atoms. The lowest BCUT2D eigenvalue weighted by Crippen LogP contribution is -2.53. The van der Waals surface area contributed by atoms with E-state index in [1.165, 1.54) is 0 Å². The normalized spacial score (nSPS) is 23.1. The number of methoxy groups -OCH3 is 1. The van der Waals surface area contributed by atoms with Gasteiger partial charge in [-0.15, -0.1) is 0 Å². The van der Waals surface area contributed by atoms with Gasteiger partial charge in [-0.2, -0.15) is 0 Å². The zero-order valence-electron chi connectivity index (χ0n) is 15.3. The standard InChI is InChI=1S/C19H27ClN2O3/c1-21(2)14-6-11-25-19(13-14)7-9-22(10-8-19)18(23)16-12-15(24-3)4-5-17(16)20/h4-5,12,14H,6-11,13H2,1-3H3. The largest absolute Gasteiger partial charge is 0.497 e. The van der Waals surface area contributed by atoms with Crippen LogP contribution in [-0.4, -0.2) is 68.3 Å². The average Bonchev–Trinajstić information content (AvgIpc) is 2.62. The van der Waals surface area contributed by atoms with Gasteiger partial charge in [0.05, 0.1) is 23.3 Å². The highest BCUT2D eigenvalue weighted by Crippen LogP contribution is 2.37. The van der Waals surface area contributed by atoms with Crippen molar-refractivity contribution in [3.63, 3.8) is 0 Å². The molecule has 1 amide bonds. The topological polar surface area (TPSA) is 42.0 Å². The number of benzene rings is 1. The molecule has 6 heteroatoms. The lowest BCUT2D eigenvalue weighted by atomic mass is 9.82. The van der Waals surface area contributed by atoms with Crippen molar-refractivity contribution in [2.24, 2.45) is 0 Å². The van der Waals surface area contributed by atoms with E-state index in [0.717, 1.165) is 32.3 Å². The van der Waals surface area contributed by atoms with Gasteiger partial charge in [0.25, 0.3) is 5.91 Å². The third-order valence-electron chi connectivity index (χ3n) is 5.56. The summed E-state index contributed by atoms with van der Waals surface area (Å²) in [6.07, 6.45) is 3.88. The van der Waals surface area contributed by atoms with Crippen LogP contribution >= 0.6 is 11.6 Å². The highest BCUT2D eigenvalue weighted by Gasteiger charge is 2.41. The lowest BCUT2D eigenvalue weighted by Gasteiger charge is -2.47. The van der Waals surface area contributed by atoms with Crippen molar-refractivity contribution in [3.8, 4) is 5.75 Å². The van der Waals surface area contributed by atoms with E-state index in [4.69, 9.17) is 21.1 Å². The van der Waals surface area contributed by atoms with Crippen LogP contribution in [0.1, 0.15) is 36.0 Å². The molecule has 1 aromatic rings. The summed E-state index contributed by atoms with van der Waals surface area (Å²) < 4.78 is 11.4. The molecule has 2 saturated heterocycles. The van der Waals surface area contributed by atoms with E-state index in [2.05, 4.69) is 19.0 Å². The number of carbonyl (C=O) groups excluding carboxylic acids is 1. The molecule has 3 rings (SSSR count). The highest BCUT2D eigenvalue weighted by atomic mass is 35.5. The van der Waals surface area contributed by atoms with E-state index in [1.807, 2.05) is 4.90 Å². The average molecular weight is 367 g/mol. The smallest absolute Gasteiger partial charge is 0.255 e. The van der Waals surface area contributed by atoms with Gasteiger partial charge in [-0.3, -0.25) is 4.79 Å². The van der Waals surface area contributed by atoms with E-state index < -0.39 is 0 Å². The molecule has 0 aromatic heterocycles. The zero-order chi connectivity index (χ0) is 18.0. The quantitative estimate of drug-likeness (QED) is 0.824. The van der Waals surface area contributed by atoms with Crippen LogP contribution in [0.15, 0.2) is 18.2 Å². The Morgan fingerprint density at radius 2 is 2.08 bits per heavy atom. The van der Waals surface area contributed by atoms with Crippen LogP contribution in [-0.2, 0) is 4.74 Å². The van der Waals surface area contributed by atoms with Crippen LogP contribution in [0.3, 0.4) is 0 Å². The van der Waals surface area contributed by atoms with E-state index in [1.54, 1.807) is 25.3 Å². The molecular weight excluding hydrogens is 340 g/mol. The maximum Gasteiger partial charge on any atom is 0.255 e. The molecule has 1 atom stereocenters. The van der Waals surface area contributed by atoms with Gasteiger partial charge in [0.15, 0.2) is 0 Å². The summed E-state index contributed by atoms with van der Waals surface area (Å²) >= 11 is 6.23. The predicted molar refractivity (Wildman–Crippen MR) is 98.5 cm³/mol. The Kier molecular flexibility index (Phi) is 5.56. The second-order valence-electron chi connectivity index (χ2n) is 7.28. The lowest BCUT2D eigenvalue weighted by molar-refractivity contribution is -0.125. The minimum absolute atomic E-state index is 0.0290. The van der Waals surface area contributed by atoms with E-state index >= 15 is 0 Å². The SMILES string of the molecule is COc1ccc(Cl)c(C(=O)N2CCC3(CC2)CC(N(C)C)CCO3)c1. The van der Waals surface area contributed by atoms with Crippen molar-refractivity contribution in [2.45, 2.75) is 37.3 Å². The molecule has 0 saturated carbocycles. The number of hydrogen-bond donors (Lipinski definition) is 0. The zero-order valence-corrected chi connectivity index (χ0v) is 16.0. The molecule has 2 heterocycles. The first kappa shape index (κ1) is 18.5. The van der Waals surface area contributed by atoms with Crippen LogP contribution in [0.2, 0.25) is 5.02 Å². The van der Waals surface area contributed by atoms with Gasteiger partial charge < -0.3 is 19.3 Å². The highest BCUT2D eigenvalue weighted by molar-refractivity contribution is 6.33. The molecular formula is C19H27ClN2O3. The summed E-state index contributed by atoms with van der Waals surface area (Å²) in [5.41, 5.74) is 0.426. The van der Waals surface area contributed by atoms with Gasteiger partial charge in [-0.05, 0) is 58.0 Å². The molecule has 1 spiro atoms. The van der Waals surface area contributed by atoms with Crippen molar-refractivity contribution in [1.82, 2.24) is 9.80 Å². The number of rotatable bonds is 3. The van der Waals surface area contributed by atoms with Gasteiger partial charge >= 0.3 is 0 Å². The molecule has 0 radical (unpaired) electrons. The molecule has 0 aliphatic carbocycles. The third kappa shape index (κ3) is 3.94. The van der Waals surface area contributed by atoms with E-state index in [0.29, 0.717) is 35.5 Å². The van der Waals surface area contributed by atoms with Gasteiger partial charge in [0.2, 0.25) is 0 Å². The van der Waals surface area contributed by atoms with Gasteiger partial charge in [-0.1, -0.05) is 11.6 Å². The Labute approximate surface area is 154 Å². The fourth-order valence-electron chi connectivity index (χ4n) is 3.87. The summed E-state index contributed by atoms with van der Waals surface area (Å²) in [6.45, 7) is 2.21. The molecule has 5 nitrogen and oxygen atoms in total. The van der Waals surface area contributed by atoms with Gasteiger partial charge in [-0.25, -0.2) is 0 Å². The third-order valence-corrected chi connectivity index (χ3v) is 5.89. The number of halogens is 1. The Bertz CT molecular complexity index is 627. The van der Waals surface area contributed by atoms with Gasteiger partial charge in [0, 0.05) is 25.7 Å². The number of hydrogen-bond acceptors (Lipinski definition) is 4. The summed E-state index contributed by atoms with van der Waals surface area (Å²) in [4.78, 5) is 17.0. The van der Waals surface area contributed by atoms with E-state index in [-0.39, 0.29) is 11.5 Å². The van der Waals surface area contributed by atoms with Crippen molar-refractivity contribution in [1.29, 1.82) is 0 Å². The van der Waals surface area contributed by atoms with Gasteiger partial charge in [0.1, 0.15) is 5.75 Å². The minimum atomic E-state index is -0.0812. The minimum Gasteiger partial charge on any atom is -0.497 e. The maximum absolute atomic E-state index is 12.9. The molecule has 138 valence electrons. The first-order chi connectivity index (χ1) is 11.9. The summed E-state index contributed by atoms with van der Waals surface area (Å²) in [7, 11) is 5.85. The van der Waals surface area contributed by atoms with Crippen LogP contribution < -0.4 is 4.74 Å². The van der Waals surface area contributed by atoms with E-state index in [9.17, 15) is 4.79 Å². The van der Waals surface area contributed by atoms with Crippen molar-refractivity contribution < 1.29 is 14.3 Å². The number of likely N-dealkylation sites (tertiary alicyclic amines) is 1. The Morgan fingerprint density at radius 1 is 1.36 bits per heavy atom. The van der Waals surface area contributed by atoms with Crippen LogP contribution in [0.25, 0.3) is 0 Å². The first-order valence-electron chi connectivity index (χ1n) is 8.87. The number of piperidine rings is 1. The molecule has 2 fully saturated rings. The number of nitrogens with zero attached hydrogens (tertiary/aromatic N) is 2. The molecule has 2 aliphatic rings. The Balaban J connectivity index is 1.67. The summed E-state index contributed by atoms with van der Waals surface area (Å²) in [5, 5.41) is 0.465. The molecule has 1 unspecified atom stereocenters. The van der Waals surface area contributed by atoms with Crippen LogP contribution in [0, 0.1) is 0 Å². The molecule has 0 N–H and O–H groups in total. The molecule has 25 heavy (non-hydrogen) atoms. The number of ether oxygens (including phenoxy) is 2. The fourth-order valence-corrected chi connectivity index (χ4v) is 4.07. The Hall–Kier alpha value is -1.30. The van der Waals surface area contributed by atoms with Crippen LogP contribution in [0.4, 0.5) is 0 Å².